The van der Waals surface area contributed by atoms with Crippen molar-refractivity contribution in [3.63, 3.8) is 0 Å². The van der Waals surface area contributed by atoms with Crippen LogP contribution in [0.5, 0.6) is 0 Å². The quantitative estimate of drug-likeness (QED) is 0.433. The Labute approximate surface area is 188 Å². The van der Waals surface area contributed by atoms with E-state index in [9.17, 15) is 19.7 Å². The molecule has 0 spiro atoms. The van der Waals surface area contributed by atoms with Gasteiger partial charge < -0.3 is 10.2 Å². The number of likely N-dealkylation sites (tertiary alicyclic amines) is 1. The van der Waals surface area contributed by atoms with E-state index in [0.29, 0.717) is 23.0 Å². The number of carbonyl (C=O) groups excluding carboxylic acids is 1. The first-order valence-electron chi connectivity index (χ1n) is 10.4. The lowest BCUT2D eigenvalue weighted by molar-refractivity contribution is -0.385. The van der Waals surface area contributed by atoms with E-state index in [1.165, 1.54) is 22.9 Å². The first kappa shape index (κ1) is 21.9. The number of nitro groups is 1. The van der Waals surface area contributed by atoms with Crippen LogP contribution in [-0.2, 0) is 13.1 Å². The van der Waals surface area contributed by atoms with E-state index in [-0.39, 0.29) is 28.4 Å². The molecule has 166 valence electrons. The predicted octanol–water partition coefficient (Wildman–Crippen LogP) is 2.98. The van der Waals surface area contributed by atoms with Gasteiger partial charge in [0.05, 0.1) is 29.1 Å². The zero-order valence-corrected chi connectivity index (χ0v) is 18.0. The van der Waals surface area contributed by atoms with Crippen molar-refractivity contribution in [2.75, 3.05) is 19.6 Å². The minimum Gasteiger partial charge on any atom is -0.346 e. The van der Waals surface area contributed by atoms with Crippen LogP contribution in [0.15, 0.2) is 47.3 Å². The fraction of sp³-hybridized carbons (Fsp3) is 0.318. The Hall–Kier alpha value is -3.30. The number of fused-ring (bicyclic) bond motifs is 1. The molecule has 2 heterocycles. The number of halogens is 1. The zero-order chi connectivity index (χ0) is 22.7. The number of hydrogen-bond acceptors (Lipinski definition) is 6. The minimum atomic E-state index is -0.639. The molecule has 0 radical (unpaired) electrons. The van der Waals surface area contributed by atoms with Gasteiger partial charge in [-0.05, 0) is 44.1 Å². The van der Waals surface area contributed by atoms with Crippen LogP contribution in [0, 0.1) is 10.1 Å². The summed E-state index contributed by atoms with van der Waals surface area (Å²) in [5, 5.41) is 19.8. The number of nitrogens with zero attached hydrogens (tertiary/aromatic N) is 4. The van der Waals surface area contributed by atoms with Crippen molar-refractivity contribution in [2.24, 2.45) is 0 Å². The lowest BCUT2D eigenvalue weighted by Gasteiger charge is -2.16. The van der Waals surface area contributed by atoms with Crippen molar-refractivity contribution < 1.29 is 9.72 Å². The molecule has 3 aromatic rings. The van der Waals surface area contributed by atoms with Gasteiger partial charge in [-0.1, -0.05) is 29.8 Å². The van der Waals surface area contributed by atoms with Crippen molar-refractivity contribution in [3.05, 3.63) is 79.2 Å². The van der Waals surface area contributed by atoms with Crippen molar-refractivity contribution in [3.8, 4) is 0 Å². The van der Waals surface area contributed by atoms with E-state index in [1.807, 2.05) is 0 Å². The summed E-state index contributed by atoms with van der Waals surface area (Å²) >= 11 is 5.93. The number of amides is 1. The molecule has 1 amide bonds. The molecule has 0 aliphatic carbocycles. The number of carbonyl (C=O) groups is 1. The summed E-state index contributed by atoms with van der Waals surface area (Å²) in [6.07, 6.45) is 2.32. The summed E-state index contributed by atoms with van der Waals surface area (Å²) in [5.74, 6) is -0.639. The van der Waals surface area contributed by atoms with Crippen molar-refractivity contribution in [1.82, 2.24) is 20.0 Å². The summed E-state index contributed by atoms with van der Waals surface area (Å²) in [6, 6.07) is 10.9. The standard InChI is InChI=1S/C22H22ClN5O4/c23-15-7-8-20(28(31)32)18(13-15)21(29)24-14-19-16-5-1-2-6-17(16)22(30)27(25-19)12-11-26-9-3-4-10-26/h1-2,5-8,13H,3-4,9-12,14H2,(H,24,29). The van der Waals surface area contributed by atoms with Gasteiger partial charge in [-0.25, -0.2) is 4.68 Å². The number of nitro benzene ring substituents is 1. The first-order chi connectivity index (χ1) is 15.4. The van der Waals surface area contributed by atoms with E-state index < -0.39 is 10.8 Å². The van der Waals surface area contributed by atoms with E-state index in [0.717, 1.165) is 32.5 Å². The molecule has 9 nitrogen and oxygen atoms in total. The molecule has 1 aromatic heterocycles. The van der Waals surface area contributed by atoms with Gasteiger partial charge in [0.1, 0.15) is 5.56 Å². The Kier molecular flexibility index (Phi) is 6.48. The van der Waals surface area contributed by atoms with Gasteiger partial charge in [-0.3, -0.25) is 19.7 Å². The number of benzene rings is 2. The van der Waals surface area contributed by atoms with Crippen LogP contribution in [0.1, 0.15) is 28.9 Å². The highest BCUT2D eigenvalue weighted by molar-refractivity contribution is 6.31. The van der Waals surface area contributed by atoms with Gasteiger partial charge in [0, 0.05) is 23.0 Å². The van der Waals surface area contributed by atoms with Crippen molar-refractivity contribution >= 4 is 34.0 Å². The van der Waals surface area contributed by atoms with Crippen LogP contribution in [0.3, 0.4) is 0 Å². The Balaban J connectivity index is 1.60. The number of rotatable bonds is 7. The monoisotopic (exact) mass is 455 g/mol. The van der Waals surface area contributed by atoms with E-state index in [4.69, 9.17) is 11.6 Å². The molecule has 1 saturated heterocycles. The van der Waals surface area contributed by atoms with Crippen LogP contribution in [0.2, 0.25) is 5.02 Å². The largest absolute Gasteiger partial charge is 0.346 e. The highest BCUT2D eigenvalue weighted by atomic mass is 35.5. The maximum absolute atomic E-state index is 12.9. The fourth-order valence-electron chi connectivity index (χ4n) is 3.94. The normalized spacial score (nSPS) is 14.0. The Morgan fingerprint density at radius 2 is 1.84 bits per heavy atom. The van der Waals surface area contributed by atoms with Gasteiger partial charge in [0.2, 0.25) is 0 Å². The third-order valence-corrected chi connectivity index (χ3v) is 5.82. The first-order valence-corrected chi connectivity index (χ1v) is 10.7. The van der Waals surface area contributed by atoms with Gasteiger partial charge in [-0.2, -0.15) is 5.10 Å². The van der Waals surface area contributed by atoms with E-state index in [2.05, 4.69) is 15.3 Å². The second-order valence-electron chi connectivity index (χ2n) is 7.67. The number of nitrogens with one attached hydrogen (secondary N) is 1. The van der Waals surface area contributed by atoms with Crippen LogP contribution < -0.4 is 10.9 Å². The summed E-state index contributed by atoms with van der Waals surface area (Å²) in [7, 11) is 0. The molecule has 2 aromatic carbocycles. The van der Waals surface area contributed by atoms with Gasteiger partial charge in [0.25, 0.3) is 17.2 Å². The summed E-state index contributed by atoms with van der Waals surface area (Å²) < 4.78 is 1.43. The molecule has 4 rings (SSSR count). The fourth-order valence-corrected chi connectivity index (χ4v) is 4.11. The summed E-state index contributed by atoms with van der Waals surface area (Å²) in [6.45, 7) is 3.22. The molecule has 1 fully saturated rings. The Morgan fingerprint density at radius 3 is 2.56 bits per heavy atom. The maximum atomic E-state index is 12.9. The zero-order valence-electron chi connectivity index (χ0n) is 17.3. The molecule has 0 bridgehead atoms. The Morgan fingerprint density at radius 1 is 1.12 bits per heavy atom. The predicted molar refractivity (Wildman–Crippen MR) is 121 cm³/mol. The second-order valence-corrected chi connectivity index (χ2v) is 8.11. The summed E-state index contributed by atoms with van der Waals surface area (Å²) in [4.78, 5) is 38.6. The molecule has 32 heavy (non-hydrogen) atoms. The molecule has 0 saturated carbocycles. The third kappa shape index (κ3) is 4.63. The summed E-state index contributed by atoms with van der Waals surface area (Å²) in [5.41, 5.74) is -0.130. The second kappa shape index (κ2) is 9.46. The maximum Gasteiger partial charge on any atom is 0.282 e. The lowest BCUT2D eigenvalue weighted by atomic mass is 10.1. The molecule has 10 heteroatoms. The van der Waals surface area contributed by atoms with Crippen LogP contribution in [0.25, 0.3) is 10.8 Å². The highest BCUT2D eigenvalue weighted by Crippen LogP contribution is 2.23. The molecular weight excluding hydrogens is 434 g/mol. The minimum absolute atomic E-state index is 0.00695. The smallest absolute Gasteiger partial charge is 0.282 e. The van der Waals surface area contributed by atoms with Crippen LogP contribution in [0.4, 0.5) is 5.69 Å². The molecule has 0 atom stereocenters. The lowest BCUT2D eigenvalue weighted by Crippen LogP contribution is -2.32. The van der Waals surface area contributed by atoms with E-state index >= 15 is 0 Å². The van der Waals surface area contributed by atoms with Crippen LogP contribution in [-0.4, -0.2) is 45.1 Å². The van der Waals surface area contributed by atoms with Gasteiger partial charge in [-0.15, -0.1) is 0 Å². The third-order valence-electron chi connectivity index (χ3n) is 5.59. The van der Waals surface area contributed by atoms with Crippen LogP contribution >= 0.6 is 11.6 Å². The average Bonchev–Trinajstić information content (AvgIpc) is 3.31. The topological polar surface area (TPSA) is 110 Å². The van der Waals surface area contributed by atoms with E-state index in [1.54, 1.807) is 24.3 Å². The van der Waals surface area contributed by atoms with Gasteiger partial charge >= 0.3 is 0 Å². The van der Waals surface area contributed by atoms with Gasteiger partial charge in [0.15, 0.2) is 0 Å². The molecule has 0 unspecified atom stereocenters. The molecule has 1 aliphatic heterocycles. The molecule has 1 aliphatic rings. The molecule has 1 N–H and O–H groups in total. The van der Waals surface area contributed by atoms with Crippen molar-refractivity contribution in [2.45, 2.75) is 25.9 Å². The molecular formula is C22H22ClN5O4. The number of hydrogen-bond donors (Lipinski definition) is 1. The number of aromatic nitrogens is 2. The SMILES string of the molecule is O=C(NCc1nn(CCN2CCCC2)c(=O)c2ccccc12)c1cc(Cl)ccc1[N+](=O)[O-]. The highest BCUT2D eigenvalue weighted by Gasteiger charge is 2.21. The Bertz CT molecular complexity index is 1240. The average molecular weight is 456 g/mol. The van der Waals surface area contributed by atoms with Crippen molar-refractivity contribution in [1.29, 1.82) is 0 Å².